The predicted octanol–water partition coefficient (Wildman–Crippen LogP) is 4.87. The van der Waals surface area contributed by atoms with Gasteiger partial charge in [-0.2, -0.15) is 0 Å². The second kappa shape index (κ2) is 6.99. The van der Waals surface area contributed by atoms with E-state index in [-0.39, 0.29) is 6.04 Å². The molecule has 19 heavy (non-hydrogen) atoms. The fourth-order valence-corrected chi connectivity index (χ4v) is 2.37. The predicted molar refractivity (Wildman–Crippen MR) is 79.9 cm³/mol. The molecule has 1 N–H and O–H groups in total. The summed E-state index contributed by atoms with van der Waals surface area (Å²) < 4.78 is 5.52. The Kier molecular flexibility index (Phi) is 5.32. The molecule has 2 nitrogen and oxygen atoms in total. The Morgan fingerprint density at radius 2 is 2.05 bits per heavy atom. The van der Waals surface area contributed by atoms with E-state index in [0.717, 1.165) is 30.2 Å². The standard InChI is InChI=1S/C15H17Cl2NO/c1-2-8-18-13(14-6-7-15(17)19-14)10-11-4-3-5-12(16)9-11/h3-7,9,13,18H,2,8,10H2,1H3. The first-order chi connectivity index (χ1) is 9.19. The molecule has 0 fully saturated rings. The van der Waals surface area contributed by atoms with E-state index in [1.54, 1.807) is 6.07 Å². The van der Waals surface area contributed by atoms with Gasteiger partial charge in [0.1, 0.15) is 5.76 Å². The second-order valence-corrected chi connectivity index (χ2v) is 5.29. The molecule has 0 aliphatic heterocycles. The molecule has 0 saturated heterocycles. The number of furan rings is 1. The number of rotatable bonds is 6. The number of hydrogen-bond acceptors (Lipinski definition) is 2. The Balaban J connectivity index is 2.13. The highest BCUT2D eigenvalue weighted by Crippen LogP contribution is 2.24. The van der Waals surface area contributed by atoms with Gasteiger partial charge in [0, 0.05) is 5.02 Å². The molecular formula is C15H17Cl2NO. The summed E-state index contributed by atoms with van der Waals surface area (Å²) in [4.78, 5) is 0. The van der Waals surface area contributed by atoms with Gasteiger partial charge in [-0.25, -0.2) is 0 Å². The van der Waals surface area contributed by atoms with E-state index in [0.29, 0.717) is 5.22 Å². The summed E-state index contributed by atoms with van der Waals surface area (Å²) in [6.45, 7) is 3.07. The number of halogens is 2. The van der Waals surface area contributed by atoms with E-state index in [1.165, 1.54) is 5.56 Å². The Labute approximate surface area is 123 Å². The Morgan fingerprint density at radius 1 is 1.21 bits per heavy atom. The van der Waals surface area contributed by atoms with Crippen molar-refractivity contribution < 1.29 is 4.42 Å². The van der Waals surface area contributed by atoms with Gasteiger partial charge in [-0.05, 0) is 60.8 Å². The van der Waals surface area contributed by atoms with Crippen molar-refractivity contribution in [3.8, 4) is 0 Å². The third-order valence-corrected chi connectivity index (χ3v) is 3.35. The smallest absolute Gasteiger partial charge is 0.193 e. The van der Waals surface area contributed by atoms with Crippen LogP contribution in [0.5, 0.6) is 0 Å². The zero-order valence-electron chi connectivity index (χ0n) is 10.8. The van der Waals surface area contributed by atoms with Gasteiger partial charge in [-0.15, -0.1) is 0 Å². The van der Waals surface area contributed by atoms with Crippen LogP contribution in [0.15, 0.2) is 40.8 Å². The highest BCUT2D eigenvalue weighted by Gasteiger charge is 2.15. The van der Waals surface area contributed by atoms with Crippen LogP contribution >= 0.6 is 23.2 Å². The molecule has 1 atom stereocenters. The molecule has 1 aromatic heterocycles. The first-order valence-electron chi connectivity index (χ1n) is 6.42. The van der Waals surface area contributed by atoms with E-state index >= 15 is 0 Å². The fraction of sp³-hybridized carbons (Fsp3) is 0.333. The molecular weight excluding hydrogens is 281 g/mol. The molecule has 1 aromatic carbocycles. The molecule has 0 radical (unpaired) electrons. The lowest BCUT2D eigenvalue weighted by molar-refractivity contribution is 0.411. The maximum absolute atomic E-state index is 6.02. The van der Waals surface area contributed by atoms with Crippen LogP contribution in [-0.2, 0) is 6.42 Å². The van der Waals surface area contributed by atoms with E-state index < -0.39 is 0 Å². The van der Waals surface area contributed by atoms with Gasteiger partial charge in [0.15, 0.2) is 5.22 Å². The Morgan fingerprint density at radius 3 is 2.68 bits per heavy atom. The second-order valence-electron chi connectivity index (χ2n) is 4.48. The molecule has 0 aliphatic carbocycles. The minimum atomic E-state index is 0.117. The lowest BCUT2D eigenvalue weighted by Crippen LogP contribution is -2.23. The van der Waals surface area contributed by atoms with Crippen LogP contribution < -0.4 is 5.32 Å². The molecule has 1 unspecified atom stereocenters. The Hall–Kier alpha value is -0.960. The van der Waals surface area contributed by atoms with E-state index in [2.05, 4.69) is 18.3 Å². The summed E-state index contributed by atoms with van der Waals surface area (Å²) >= 11 is 11.9. The minimum absolute atomic E-state index is 0.117. The fourth-order valence-electron chi connectivity index (χ4n) is 2.01. The van der Waals surface area contributed by atoms with Crippen LogP contribution in [0.1, 0.15) is 30.7 Å². The zero-order chi connectivity index (χ0) is 13.7. The summed E-state index contributed by atoms with van der Waals surface area (Å²) in [5, 5.41) is 4.65. The third kappa shape index (κ3) is 4.27. The number of hydrogen-bond donors (Lipinski definition) is 1. The van der Waals surface area contributed by atoms with Crippen LogP contribution in [0.4, 0.5) is 0 Å². The molecule has 0 saturated carbocycles. The van der Waals surface area contributed by atoms with E-state index in [4.69, 9.17) is 27.6 Å². The van der Waals surface area contributed by atoms with Gasteiger partial charge in [-0.1, -0.05) is 30.7 Å². The maximum atomic E-state index is 6.02. The third-order valence-electron chi connectivity index (χ3n) is 2.91. The first kappa shape index (κ1) is 14.4. The number of benzene rings is 1. The molecule has 0 bridgehead atoms. The van der Waals surface area contributed by atoms with Crippen molar-refractivity contribution >= 4 is 23.2 Å². The van der Waals surface area contributed by atoms with Crippen molar-refractivity contribution in [1.82, 2.24) is 5.32 Å². The molecule has 1 heterocycles. The van der Waals surface area contributed by atoms with E-state index in [9.17, 15) is 0 Å². The summed E-state index contributed by atoms with van der Waals surface area (Å²) in [7, 11) is 0. The molecule has 0 spiro atoms. The van der Waals surface area contributed by atoms with Gasteiger partial charge in [0.05, 0.1) is 6.04 Å². The molecule has 4 heteroatoms. The zero-order valence-corrected chi connectivity index (χ0v) is 12.3. The SMILES string of the molecule is CCCNC(Cc1cccc(Cl)c1)c1ccc(Cl)o1. The highest BCUT2D eigenvalue weighted by molar-refractivity contribution is 6.30. The summed E-state index contributed by atoms with van der Waals surface area (Å²) in [5.41, 5.74) is 1.17. The van der Waals surface area contributed by atoms with Crippen LogP contribution in [0.3, 0.4) is 0 Å². The van der Waals surface area contributed by atoms with Gasteiger partial charge < -0.3 is 9.73 Å². The van der Waals surface area contributed by atoms with Crippen molar-refractivity contribution in [1.29, 1.82) is 0 Å². The highest BCUT2D eigenvalue weighted by atomic mass is 35.5. The molecule has 0 amide bonds. The molecule has 2 rings (SSSR count). The van der Waals surface area contributed by atoms with Gasteiger partial charge in [0.25, 0.3) is 0 Å². The van der Waals surface area contributed by atoms with Gasteiger partial charge in [0.2, 0.25) is 0 Å². The number of nitrogens with one attached hydrogen (secondary N) is 1. The van der Waals surface area contributed by atoms with Crippen molar-refractivity contribution in [2.75, 3.05) is 6.54 Å². The van der Waals surface area contributed by atoms with Crippen molar-refractivity contribution in [3.63, 3.8) is 0 Å². The minimum Gasteiger partial charge on any atom is -0.448 e. The lowest BCUT2D eigenvalue weighted by Gasteiger charge is -2.16. The summed E-state index contributed by atoms with van der Waals surface area (Å²) in [6, 6.07) is 11.7. The largest absolute Gasteiger partial charge is 0.448 e. The summed E-state index contributed by atoms with van der Waals surface area (Å²) in [5.74, 6) is 0.860. The van der Waals surface area contributed by atoms with Crippen molar-refractivity contribution in [2.24, 2.45) is 0 Å². The first-order valence-corrected chi connectivity index (χ1v) is 7.17. The van der Waals surface area contributed by atoms with Gasteiger partial charge >= 0.3 is 0 Å². The molecule has 102 valence electrons. The lowest BCUT2D eigenvalue weighted by atomic mass is 10.0. The maximum Gasteiger partial charge on any atom is 0.193 e. The average Bonchev–Trinajstić information content (AvgIpc) is 2.81. The van der Waals surface area contributed by atoms with Crippen LogP contribution in [0, 0.1) is 0 Å². The average molecular weight is 298 g/mol. The van der Waals surface area contributed by atoms with Gasteiger partial charge in [-0.3, -0.25) is 0 Å². The molecule has 2 aromatic rings. The Bertz CT molecular complexity index is 524. The molecule has 0 aliphatic rings. The van der Waals surface area contributed by atoms with Crippen LogP contribution in [-0.4, -0.2) is 6.54 Å². The van der Waals surface area contributed by atoms with Crippen molar-refractivity contribution in [2.45, 2.75) is 25.8 Å². The van der Waals surface area contributed by atoms with Crippen LogP contribution in [0.25, 0.3) is 0 Å². The quantitative estimate of drug-likeness (QED) is 0.823. The van der Waals surface area contributed by atoms with Crippen LogP contribution in [0.2, 0.25) is 10.2 Å². The summed E-state index contributed by atoms with van der Waals surface area (Å²) in [6.07, 6.45) is 1.89. The topological polar surface area (TPSA) is 25.2 Å². The monoisotopic (exact) mass is 297 g/mol. The normalized spacial score (nSPS) is 12.6. The van der Waals surface area contributed by atoms with E-state index in [1.807, 2.05) is 24.3 Å². The van der Waals surface area contributed by atoms with Crippen molar-refractivity contribution in [3.05, 3.63) is 58.0 Å².